The number of benzene rings is 2. The average molecular weight is 477 g/mol. The summed E-state index contributed by atoms with van der Waals surface area (Å²) in [4.78, 5) is 12.8. The van der Waals surface area contributed by atoms with Crippen molar-refractivity contribution in [1.82, 2.24) is 20.1 Å². The molecule has 0 radical (unpaired) electrons. The number of hydrogen-bond acceptors (Lipinski definition) is 6. The first-order chi connectivity index (χ1) is 16.7. The van der Waals surface area contributed by atoms with E-state index in [-0.39, 0.29) is 18.0 Å². The quantitative estimate of drug-likeness (QED) is 0.358. The van der Waals surface area contributed by atoms with E-state index >= 15 is 0 Å². The molecule has 0 unspecified atom stereocenters. The molecule has 5 rings (SSSR count). The lowest BCUT2D eigenvalue weighted by atomic mass is 9.97. The van der Waals surface area contributed by atoms with Gasteiger partial charge in [-0.15, -0.1) is 10.2 Å². The normalized spacial score (nSPS) is 15.6. The zero-order valence-electron chi connectivity index (χ0n) is 19.2. The minimum Gasteiger partial charge on any atom is -0.454 e. The van der Waals surface area contributed by atoms with Gasteiger partial charge in [-0.05, 0) is 69.4 Å². The standard InChI is InChI=1S/C26H28N4O3S/c1-18(25(31)27-15-14-19-8-4-2-5-9-19)34-26-29-28-24(30(26)21-10-6-3-7-11-21)20-12-13-22-23(16-20)33-17-32-22/h3,6-8,10-13,16,18H,2,4-5,9,14-15,17H2,1H3,(H,27,31)/t18-/m1/s1. The van der Waals surface area contributed by atoms with Crippen LogP contribution in [0.4, 0.5) is 0 Å². The first-order valence-electron chi connectivity index (χ1n) is 11.7. The number of para-hydroxylation sites is 1. The first-order valence-corrected chi connectivity index (χ1v) is 12.6. The number of rotatable bonds is 8. The van der Waals surface area contributed by atoms with Gasteiger partial charge in [0.2, 0.25) is 12.7 Å². The van der Waals surface area contributed by atoms with Crippen molar-refractivity contribution in [2.24, 2.45) is 0 Å². The molecule has 0 bridgehead atoms. The molecule has 7 nitrogen and oxygen atoms in total. The number of allylic oxidation sites excluding steroid dienone is 1. The summed E-state index contributed by atoms with van der Waals surface area (Å²) in [6.45, 7) is 2.79. The minimum atomic E-state index is -0.309. The largest absolute Gasteiger partial charge is 0.454 e. The van der Waals surface area contributed by atoms with Gasteiger partial charge in [0.15, 0.2) is 22.5 Å². The molecule has 176 valence electrons. The number of ether oxygens (including phenoxy) is 2. The number of thioether (sulfide) groups is 1. The predicted molar refractivity (Wildman–Crippen MR) is 132 cm³/mol. The van der Waals surface area contributed by atoms with Crippen LogP contribution in [0.5, 0.6) is 11.5 Å². The summed E-state index contributed by atoms with van der Waals surface area (Å²) in [5, 5.41) is 12.4. The molecule has 0 fully saturated rings. The first kappa shape index (κ1) is 22.5. The molecular formula is C26H28N4O3S. The molecule has 1 aliphatic carbocycles. The molecule has 8 heteroatoms. The average Bonchev–Trinajstić information content (AvgIpc) is 3.51. The highest BCUT2D eigenvalue weighted by molar-refractivity contribution is 8.00. The third-order valence-electron chi connectivity index (χ3n) is 6.06. The molecule has 34 heavy (non-hydrogen) atoms. The summed E-state index contributed by atoms with van der Waals surface area (Å²) in [7, 11) is 0. The Balaban J connectivity index is 1.34. The van der Waals surface area contributed by atoms with E-state index in [1.54, 1.807) is 0 Å². The van der Waals surface area contributed by atoms with E-state index in [0.29, 0.717) is 23.3 Å². The smallest absolute Gasteiger partial charge is 0.233 e. The van der Waals surface area contributed by atoms with E-state index in [1.807, 2.05) is 60.0 Å². The Morgan fingerprint density at radius 3 is 2.79 bits per heavy atom. The molecule has 0 saturated heterocycles. The van der Waals surface area contributed by atoms with Gasteiger partial charge in [-0.1, -0.05) is 41.6 Å². The fraction of sp³-hybridized carbons (Fsp3) is 0.346. The highest BCUT2D eigenvalue weighted by Crippen LogP contribution is 2.37. The molecule has 3 aromatic rings. The highest BCUT2D eigenvalue weighted by atomic mass is 32.2. The number of fused-ring (bicyclic) bond motifs is 1. The lowest BCUT2D eigenvalue weighted by molar-refractivity contribution is -0.120. The van der Waals surface area contributed by atoms with E-state index in [9.17, 15) is 4.79 Å². The van der Waals surface area contributed by atoms with Gasteiger partial charge in [0.05, 0.1) is 5.25 Å². The van der Waals surface area contributed by atoms with Gasteiger partial charge in [0.25, 0.3) is 0 Å². The Morgan fingerprint density at radius 1 is 1.12 bits per heavy atom. The molecule has 1 N–H and O–H groups in total. The summed E-state index contributed by atoms with van der Waals surface area (Å²) in [6, 6.07) is 15.7. The van der Waals surface area contributed by atoms with E-state index in [2.05, 4.69) is 21.6 Å². The van der Waals surface area contributed by atoms with Crippen LogP contribution in [0, 0.1) is 0 Å². The van der Waals surface area contributed by atoms with Crippen molar-refractivity contribution in [3.63, 3.8) is 0 Å². The monoisotopic (exact) mass is 476 g/mol. The van der Waals surface area contributed by atoms with Crippen LogP contribution in [-0.4, -0.2) is 39.3 Å². The van der Waals surface area contributed by atoms with E-state index in [4.69, 9.17) is 9.47 Å². The molecule has 0 saturated carbocycles. The van der Waals surface area contributed by atoms with Gasteiger partial charge < -0.3 is 14.8 Å². The van der Waals surface area contributed by atoms with Crippen LogP contribution >= 0.6 is 11.8 Å². The maximum atomic E-state index is 12.8. The van der Waals surface area contributed by atoms with Gasteiger partial charge in [-0.25, -0.2) is 0 Å². The van der Waals surface area contributed by atoms with Gasteiger partial charge in [-0.3, -0.25) is 9.36 Å². The SMILES string of the molecule is C[C@@H](Sc1nnc(-c2ccc3c(c2)OCO3)n1-c1ccccc1)C(=O)NCCC1=CCCCC1. The topological polar surface area (TPSA) is 78.3 Å². The minimum absolute atomic E-state index is 0.00801. The molecule has 2 heterocycles. The van der Waals surface area contributed by atoms with Crippen molar-refractivity contribution < 1.29 is 14.3 Å². The Bertz CT molecular complexity index is 1190. The Morgan fingerprint density at radius 2 is 1.97 bits per heavy atom. The van der Waals surface area contributed by atoms with Gasteiger partial charge in [0, 0.05) is 17.8 Å². The summed E-state index contributed by atoms with van der Waals surface area (Å²) in [6.07, 6.45) is 8.11. The fourth-order valence-electron chi connectivity index (χ4n) is 4.21. The fourth-order valence-corrected chi connectivity index (χ4v) is 5.10. The summed E-state index contributed by atoms with van der Waals surface area (Å²) in [5.74, 6) is 2.10. The van der Waals surface area contributed by atoms with E-state index in [0.717, 1.165) is 36.3 Å². The number of aromatic nitrogens is 3. The molecule has 0 spiro atoms. The molecule has 1 atom stereocenters. The lowest BCUT2D eigenvalue weighted by Crippen LogP contribution is -2.32. The van der Waals surface area contributed by atoms with Crippen molar-refractivity contribution in [3.05, 3.63) is 60.2 Å². The number of nitrogens with one attached hydrogen (secondary N) is 1. The van der Waals surface area contributed by atoms with Crippen LogP contribution in [0.1, 0.15) is 39.0 Å². The third-order valence-corrected chi connectivity index (χ3v) is 7.10. The van der Waals surface area contributed by atoms with Crippen molar-refractivity contribution in [3.8, 4) is 28.6 Å². The summed E-state index contributed by atoms with van der Waals surface area (Å²) < 4.78 is 13.0. The molecule has 2 aliphatic rings. The molecular weight excluding hydrogens is 448 g/mol. The zero-order valence-corrected chi connectivity index (χ0v) is 20.0. The second-order valence-corrected chi connectivity index (χ2v) is 9.76. The number of carbonyl (C=O) groups is 1. The Labute approximate surface area is 203 Å². The predicted octanol–water partition coefficient (Wildman–Crippen LogP) is 5.15. The summed E-state index contributed by atoms with van der Waals surface area (Å²) >= 11 is 1.41. The molecule has 1 amide bonds. The molecule has 1 aromatic heterocycles. The van der Waals surface area contributed by atoms with Crippen molar-refractivity contribution in [2.75, 3.05) is 13.3 Å². The second-order valence-electron chi connectivity index (χ2n) is 8.45. The Hall–Kier alpha value is -3.26. The van der Waals surface area contributed by atoms with Crippen molar-refractivity contribution in [1.29, 1.82) is 0 Å². The van der Waals surface area contributed by atoms with E-state index in [1.165, 1.54) is 30.2 Å². The van der Waals surface area contributed by atoms with Crippen LogP contribution in [0.2, 0.25) is 0 Å². The highest BCUT2D eigenvalue weighted by Gasteiger charge is 2.23. The maximum Gasteiger partial charge on any atom is 0.233 e. The number of hydrogen-bond donors (Lipinski definition) is 1. The van der Waals surface area contributed by atoms with Crippen molar-refractivity contribution >= 4 is 17.7 Å². The molecule has 1 aliphatic heterocycles. The lowest BCUT2D eigenvalue weighted by Gasteiger charge is -2.15. The Kier molecular flexibility index (Phi) is 6.85. The second kappa shape index (κ2) is 10.3. The summed E-state index contributed by atoms with van der Waals surface area (Å²) in [5.41, 5.74) is 3.26. The van der Waals surface area contributed by atoms with Crippen molar-refractivity contribution in [2.45, 2.75) is 49.4 Å². The maximum absolute atomic E-state index is 12.8. The van der Waals surface area contributed by atoms with Gasteiger partial charge in [0.1, 0.15) is 0 Å². The van der Waals surface area contributed by atoms with E-state index < -0.39 is 0 Å². The van der Waals surface area contributed by atoms with Crippen LogP contribution < -0.4 is 14.8 Å². The van der Waals surface area contributed by atoms with Crippen LogP contribution in [0.3, 0.4) is 0 Å². The third kappa shape index (κ3) is 4.97. The van der Waals surface area contributed by atoms with Crippen LogP contribution in [-0.2, 0) is 4.79 Å². The molecule has 2 aromatic carbocycles. The van der Waals surface area contributed by atoms with Crippen LogP contribution in [0.15, 0.2) is 65.3 Å². The number of nitrogens with zero attached hydrogens (tertiary/aromatic N) is 3. The van der Waals surface area contributed by atoms with Crippen LogP contribution in [0.25, 0.3) is 17.1 Å². The zero-order chi connectivity index (χ0) is 23.3. The number of carbonyl (C=O) groups excluding carboxylic acids is 1. The van der Waals surface area contributed by atoms with Gasteiger partial charge >= 0.3 is 0 Å². The van der Waals surface area contributed by atoms with Gasteiger partial charge in [-0.2, -0.15) is 0 Å². The number of amides is 1.